The molecule has 0 atom stereocenters. The maximum absolute atomic E-state index is 12.9. The van der Waals surface area contributed by atoms with Gasteiger partial charge in [0.2, 0.25) is 5.88 Å². The molecule has 0 aliphatic carbocycles. The van der Waals surface area contributed by atoms with Crippen molar-refractivity contribution in [3.05, 3.63) is 83.3 Å². The molecular weight excluding hydrogens is 396 g/mol. The monoisotopic (exact) mass is 420 g/mol. The first kappa shape index (κ1) is 21.9. The van der Waals surface area contributed by atoms with E-state index in [1.54, 1.807) is 56.0 Å². The van der Waals surface area contributed by atoms with E-state index < -0.39 is 0 Å². The number of anilines is 1. The van der Waals surface area contributed by atoms with Gasteiger partial charge in [0.25, 0.3) is 11.8 Å². The maximum Gasteiger partial charge on any atom is 0.255 e. The van der Waals surface area contributed by atoms with E-state index in [4.69, 9.17) is 9.47 Å². The van der Waals surface area contributed by atoms with Crippen molar-refractivity contribution < 1.29 is 19.1 Å². The Hall–Kier alpha value is -3.78. The Labute approximate surface area is 180 Å². The number of carbonyl (C=O) groups is 2. The molecule has 0 bridgehead atoms. The van der Waals surface area contributed by atoms with Crippen LogP contribution in [0.25, 0.3) is 0 Å². The van der Waals surface area contributed by atoms with Gasteiger partial charge in [0.05, 0.1) is 17.9 Å². The summed E-state index contributed by atoms with van der Waals surface area (Å²) in [5.74, 6) is -0.192. The van der Waals surface area contributed by atoms with Crippen LogP contribution in [0.1, 0.15) is 31.8 Å². The van der Waals surface area contributed by atoms with Crippen LogP contribution in [0.5, 0.6) is 5.88 Å². The highest BCUT2D eigenvalue weighted by Gasteiger charge is 2.17. The lowest BCUT2D eigenvalue weighted by Gasteiger charge is -2.15. The molecule has 1 aromatic carbocycles. The molecule has 31 heavy (non-hydrogen) atoms. The quantitative estimate of drug-likeness (QED) is 0.516. The number of nitrogens with one attached hydrogen (secondary N) is 2. The number of nitrogens with zero attached hydrogens (tertiary/aromatic N) is 2. The second kappa shape index (κ2) is 10.8. The van der Waals surface area contributed by atoms with E-state index in [2.05, 4.69) is 20.6 Å². The van der Waals surface area contributed by atoms with Crippen LogP contribution < -0.4 is 15.4 Å². The van der Waals surface area contributed by atoms with E-state index >= 15 is 0 Å². The third kappa shape index (κ3) is 5.86. The minimum Gasteiger partial charge on any atom is -0.475 e. The number of methoxy groups -OCH3 is 1. The lowest BCUT2D eigenvalue weighted by molar-refractivity contribution is 0.0951. The molecule has 0 spiro atoms. The van der Waals surface area contributed by atoms with Crippen LogP contribution in [0, 0.1) is 6.92 Å². The lowest BCUT2D eigenvalue weighted by atomic mass is 10.1. The molecule has 0 aliphatic heterocycles. The minimum absolute atomic E-state index is 0.223. The van der Waals surface area contributed by atoms with Crippen molar-refractivity contribution in [3.8, 4) is 5.88 Å². The number of aromatic nitrogens is 2. The fraction of sp³-hybridized carbons (Fsp3) is 0.217. The van der Waals surface area contributed by atoms with E-state index in [-0.39, 0.29) is 18.4 Å². The average molecular weight is 420 g/mol. The van der Waals surface area contributed by atoms with Crippen molar-refractivity contribution >= 4 is 17.5 Å². The number of aryl methyl sites for hydroxylation is 1. The number of rotatable bonds is 9. The zero-order valence-electron chi connectivity index (χ0n) is 17.4. The average Bonchev–Trinajstić information content (AvgIpc) is 2.80. The fourth-order valence-electron chi connectivity index (χ4n) is 2.89. The Morgan fingerprint density at radius 1 is 0.968 bits per heavy atom. The van der Waals surface area contributed by atoms with Gasteiger partial charge < -0.3 is 20.1 Å². The zero-order chi connectivity index (χ0) is 22.1. The number of benzene rings is 1. The lowest BCUT2D eigenvalue weighted by Crippen LogP contribution is -2.25. The highest BCUT2D eigenvalue weighted by atomic mass is 16.5. The molecule has 0 unspecified atom stereocenters. The molecular formula is C23H24N4O4. The predicted octanol–water partition coefficient (Wildman–Crippen LogP) is 2.99. The Bertz CT molecular complexity index is 1040. The third-order valence-electron chi connectivity index (χ3n) is 4.51. The van der Waals surface area contributed by atoms with E-state index in [9.17, 15) is 9.59 Å². The van der Waals surface area contributed by atoms with Crippen LogP contribution in [0.4, 0.5) is 5.69 Å². The van der Waals surface area contributed by atoms with Crippen LogP contribution >= 0.6 is 0 Å². The van der Waals surface area contributed by atoms with Crippen molar-refractivity contribution in [2.45, 2.75) is 13.5 Å². The first-order valence-electron chi connectivity index (χ1n) is 9.75. The third-order valence-corrected chi connectivity index (χ3v) is 4.51. The van der Waals surface area contributed by atoms with Gasteiger partial charge in [0, 0.05) is 43.4 Å². The molecule has 8 heteroatoms. The van der Waals surface area contributed by atoms with Gasteiger partial charge in [-0.05, 0) is 36.8 Å². The molecule has 2 heterocycles. The second-order valence-electron chi connectivity index (χ2n) is 6.68. The van der Waals surface area contributed by atoms with Gasteiger partial charge in [-0.1, -0.05) is 18.2 Å². The Morgan fingerprint density at radius 2 is 1.77 bits per heavy atom. The van der Waals surface area contributed by atoms with Crippen LogP contribution in [-0.4, -0.2) is 42.1 Å². The second-order valence-corrected chi connectivity index (χ2v) is 6.68. The fourth-order valence-corrected chi connectivity index (χ4v) is 2.89. The van der Waals surface area contributed by atoms with Gasteiger partial charge in [0.1, 0.15) is 6.61 Å². The summed E-state index contributed by atoms with van der Waals surface area (Å²) >= 11 is 0. The summed E-state index contributed by atoms with van der Waals surface area (Å²) in [5.41, 5.74) is 2.80. The van der Waals surface area contributed by atoms with E-state index in [0.717, 1.165) is 11.1 Å². The van der Waals surface area contributed by atoms with Crippen LogP contribution in [0.15, 0.2) is 61.1 Å². The molecule has 0 fully saturated rings. The zero-order valence-corrected chi connectivity index (χ0v) is 17.4. The summed E-state index contributed by atoms with van der Waals surface area (Å²) < 4.78 is 10.6. The van der Waals surface area contributed by atoms with Gasteiger partial charge in [0.15, 0.2) is 0 Å². The standard InChI is InChI=1S/C23H24N4O4/c1-16-5-3-7-19(20(16)27-21(28)17-8-11-24-12-9-17)22(29)26-15-18-6-4-10-25-23(18)31-14-13-30-2/h3-12H,13-15H2,1-2H3,(H,26,29)(H,27,28). The summed E-state index contributed by atoms with van der Waals surface area (Å²) in [6.07, 6.45) is 4.71. The highest BCUT2D eigenvalue weighted by molar-refractivity contribution is 6.09. The summed E-state index contributed by atoms with van der Waals surface area (Å²) in [6, 6.07) is 12.1. The Morgan fingerprint density at radius 3 is 2.55 bits per heavy atom. The molecule has 0 saturated heterocycles. The number of hydrogen-bond donors (Lipinski definition) is 2. The summed E-state index contributed by atoms with van der Waals surface area (Å²) in [6.45, 7) is 2.85. The molecule has 8 nitrogen and oxygen atoms in total. The molecule has 3 aromatic rings. The first-order chi connectivity index (χ1) is 15.1. The van der Waals surface area contributed by atoms with Gasteiger partial charge in [-0.3, -0.25) is 14.6 Å². The van der Waals surface area contributed by atoms with E-state index in [1.807, 2.05) is 19.1 Å². The van der Waals surface area contributed by atoms with Crippen molar-refractivity contribution in [2.24, 2.45) is 0 Å². The van der Waals surface area contributed by atoms with Gasteiger partial charge >= 0.3 is 0 Å². The molecule has 160 valence electrons. The Balaban J connectivity index is 1.73. The smallest absolute Gasteiger partial charge is 0.255 e. The normalized spacial score (nSPS) is 10.4. The Kier molecular flexibility index (Phi) is 7.67. The van der Waals surface area contributed by atoms with Crippen molar-refractivity contribution in [3.63, 3.8) is 0 Å². The van der Waals surface area contributed by atoms with Crippen LogP contribution in [-0.2, 0) is 11.3 Å². The number of amides is 2. The molecule has 0 radical (unpaired) electrons. The summed E-state index contributed by atoms with van der Waals surface area (Å²) in [7, 11) is 1.59. The predicted molar refractivity (Wildman–Crippen MR) is 116 cm³/mol. The number of para-hydroxylation sites is 1. The minimum atomic E-state index is -0.319. The van der Waals surface area contributed by atoms with E-state index in [1.165, 1.54) is 0 Å². The van der Waals surface area contributed by atoms with Crippen molar-refractivity contribution in [1.29, 1.82) is 0 Å². The number of pyridine rings is 2. The summed E-state index contributed by atoms with van der Waals surface area (Å²) in [5, 5.41) is 5.72. The van der Waals surface area contributed by atoms with Gasteiger partial charge in [-0.25, -0.2) is 4.98 Å². The number of hydrogen-bond acceptors (Lipinski definition) is 6. The SMILES string of the molecule is COCCOc1ncccc1CNC(=O)c1cccc(C)c1NC(=O)c1ccncc1. The summed E-state index contributed by atoms with van der Waals surface area (Å²) in [4.78, 5) is 33.6. The van der Waals surface area contributed by atoms with Gasteiger partial charge in [-0.2, -0.15) is 0 Å². The van der Waals surface area contributed by atoms with Crippen LogP contribution in [0.3, 0.4) is 0 Å². The highest BCUT2D eigenvalue weighted by Crippen LogP contribution is 2.22. The van der Waals surface area contributed by atoms with Crippen molar-refractivity contribution in [1.82, 2.24) is 15.3 Å². The molecule has 3 rings (SSSR count). The number of ether oxygens (including phenoxy) is 2. The maximum atomic E-state index is 12.9. The number of carbonyl (C=O) groups excluding carboxylic acids is 2. The molecule has 2 amide bonds. The molecule has 0 aliphatic rings. The van der Waals surface area contributed by atoms with Crippen LogP contribution in [0.2, 0.25) is 0 Å². The van der Waals surface area contributed by atoms with Gasteiger partial charge in [-0.15, -0.1) is 0 Å². The van der Waals surface area contributed by atoms with Crippen molar-refractivity contribution in [2.75, 3.05) is 25.6 Å². The largest absolute Gasteiger partial charge is 0.475 e. The topological polar surface area (TPSA) is 102 Å². The van der Waals surface area contributed by atoms with E-state index in [0.29, 0.717) is 35.9 Å². The first-order valence-corrected chi connectivity index (χ1v) is 9.75. The molecule has 0 saturated carbocycles. The molecule has 2 N–H and O–H groups in total. The molecule has 2 aromatic heterocycles.